The summed E-state index contributed by atoms with van der Waals surface area (Å²) in [5, 5.41) is 18.0. The van der Waals surface area contributed by atoms with Crippen molar-refractivity contribution in [3.63, 3.8) is 0 Å². The van der Waals surface area contributed by atoms with E-state index < -0.39 is 12.1 Å². The van der Waals surface area contributed by atoms with Crippen molar-refractivity contribution >= 4 is 68.3 Å². The summed E-state index contributed by atoms with van der Waals surface area (Å²) in [6, 6.07) is 16.7. The van der Waals surface area contributed by atoms with E-state index in [1.807, 2.05) is 70.8 Å². The van der Waals surface area contributed by atoms with Crippen LogP contribution in [0.2, 0.25) is 5.02 Å². The van der Waals surface area contributed by atoms with Gasteiger partial charge in [-0.15, -0.1) is 21.5 Å². The van der Waals surface area contributed by atoms with Crippen LogP contribution >= 0.6 is 22.9 Å². The van der Waals surface area contributed by atoms with Crippen LogP contribution in [0.5, 0.6) is 0 Å². The second-order valence-electron chi connectivity index (χ2n) is 14.4. The lowest BCUT2D eigenvalue weighted by molar-refractivity contribution is -0.135. The maximum Gasteiger partial charge on any atom is 0.249 e. The van der Waals surface area contributed by atoms with Gasteiger partial charge in [0, 0.05) is 57.6 Å². The number of carbonyl (C=O) groups excluding carboxylic acids is 3. The minimum Gasteiger partial charge on any atom is -0.379 e. The highest BCUT2D eigenvalue weighted by Crippen LogP contribution is 2.40. The van der Waals surface area contributed by atoms with E-state index in [0.29, 0.717) is 56.7 Å². The molecule has 6 heterocycles. The molecule has 4 aromatic heterocycles. The van der Waals surface area contributed by atoms with E-state index in [1.54, 1.807) is 11.3 Å². The van der Waals surface area contributed by atoms with Gasteiger partial charge < -0.3 is 19.4 Å². The lowest BCUT2D eigenvalue weighted by Crippen LogP contribution is -2.41. The molecule has 1 fully saturated rings. The van der Waals surface area contributed by atoms with Gasteiger partial charge in [0.2, 0.25) is 17.7 Å². The average molecular weight is 807 g/mol. The topological polar surface area (TPSA) is 155 Å². The highest BCUT2D eigenvalue weighted by atomic mass is 35.5. The Hall–Kier alpha value is -5.28. The number of fused-ring (bicyclic) bond motifs is 6. The number of pyridine rings is 1. The van der Waals surface area contributed by atoms with Crippen molar-refractivity contribution in [3.8, 4) is 5.00 Å². The van der Waals surface area contributed by atoms with Crippen LogP contribution in [0, 0.1) is 20.8 Å². The van der Waals surface area contributed by atoms with Gasteiger partial charge in [-0.2, -0.15) is 0 Å². The number of carbonyl (C=O) groups is 3. The standard InChI is InChI=1S/C42H43ClN8O5S/c1-24-25(2)57-42-37(24)38(28-10-12-29(43)13-11-28)46-32(40-49-48-26(3)50(40)42)22-36(53)44-16-18-56-20-19-55-17-6-7-27-21-31-30-8-4-5-9-33(30)51(39(31)45-23-27)34-14-15-35(52)47-41(34)54/h4-5,8-13,21,23,32,34H,6-7,14-20,22H2,1-3H3,(H,44,53)(H,47,52,54)/t32-,34?/m0/s1. The third-order valence-electron chi connectivity index (χ3n) is 10.6. The predicted octanol–water partition coefficient (Wildman–Crippen LogP) is 6.45. The molecule has 0 saturated carbocycles. The van der Waals surface area contributed by atoms with E-state index in [-0.39, 0.29) is 24.1 Å². The molecule has 2 aliphatic heterocycles. The fraction of sp³-hybridized carbons (Fsp3) is 0.357. The molecule has 13 nitrogen and oxygen atoms in total. The Kier molecular flexibility index (Phi) is 11.3. The normalized spacial score (nSPS) is 16.7. The molecule has 0 radical (unpaired) electrons. The molecule has 0 bridgehead atoms. The molecule has 2 aromatic carbocycles. The second kappa shape index (κ2) is 16.7. The number of ether oxygens (including phenoxy) is 2. The molecule has 2 N–H and O–H groups in total. The molecule has 1 saturated heterocycles. The minimum atomic E-state index is -0.540. The van der Waals surface area contributed by atoms with Crippen molar-refractivity contribution in [1.82, 2.24) is 34.9 Å². The van der Waals surface area contributed by atoms with Crippen LogP contribution in [0.3, 0.4) is 0 Å². The first kappa shape index (κ1) is 38.6. The van der Waals surface area contributed by atoms with Crippen molar-refractivity contribution in [3.05, 3.63) is 105 Å². The number of halogens is 1. The molecule has 2 atom stereocenters. The summed E-state index contributed by atoms with van der Waals surface area (Å²) in [4.78, 5) is 48.9. The smallest absolute Gasteiger partial charge is 0.249 e. The van der Waals surface area contributed by atoms with Gasteiger partial charge in [-0.05, 0) is 75.4 Å². The third kappa shape index (κ3) is 7.87. The van der Waals surface area contributed by atoms with Gasteiger partial charge in [-0.3, -0.25) is 29.3 Å². The summed E-state index contributed by atoms with van der Waals surface area (Å²) >= 11 is 7.90. The summed E-state index contributed by atoms with van der Waals surface area (Å²) in [7, 11) is 0. The number of benzene rings is 2. The summed E-state index contributed by atoms with van der Waals surface area (Å²) < 4.78 is 15.6. The number of nitrogens with one attached hydrogen (secondary N) is 2. The lowest BCUT2D eigenvalue weighted by Gasteiger charge is -2.23. The molecular weight excluding hydrogens is 764 g/mol. The summed E-state index contributed by atoms with van der Waals surface area (Å²) in [6.07, 6.45) is 4.30. The number of aryl methyl sites for hydroxylation is 3. The summed E-state index contributed by atoms with van der Waals surface area (Å²) in [6.45, 7) is 8.23. The number of amides is 3. The molecule has 0 spiro atoms. The van der Waals surface area contributed by atoms with E-state index in [0.717, 1.165) is 73.6 Å². The number of hydrogen-bond donors (Lipinski definition) is 2. The van der Waals surface area contributed by atoms with Crippen LogP contribution in [0.15, 0.2) is 65.8 Å². The molecule has 294 valence electrons. The number of imide groups is 1. The van der Waals surface area contributed by atoms with Crippen LogP contribution in [-0.4, -0.2) is 80.7 Å². The first-order chi connectivity index (χ1) is 27.7. The van der Waals surface area contributed by atoms with E-state index in [9.17, 15) is 14.4 Å². The Morgan fingerprint density at radius 2 is 1.79 bits per heavy atom. The molecule has 8 rings (SSSR count). The number of para-hydroxylation sites is 1. The molecule has 0 aliphatic carbocycles. The maximum atomic E-state index is 13.3. The van der Waals surface area contributed by atoms with E-state index in [2.05, 4.69) is 40.7 Å². The van der Waals surface area contributed by atoms with Crippen molar-refractivity contribution < 1.29 is 23.9 Å². The van der Waals surface area contributed by atoms with E-state index in [4.69, 9.17) is 31.1 Å². The summed E-state index contributed by atoms with van der Waals surface area (Å²) in [5.41, 5.74) is 6.63. The van der Waals surface area contributed by atoms with Crippen molar-refractivity contribution in [2.75, 3.05) is 33.0 Å². The zero-order valence-corrected chi connectivity index (χ0v) is 33.6. The van der Waals surface area contributed by atoms with E-state index >= 15 is 0 Å². The predicted molar refractivity (Wildman–Crippen MR) is 220 cm³/mol. The van der Waals surface area contributed by atoms with Gasteiger partial charge in [-0.25, -0.2) is 4.98 Å². The number of aliphatic imine (C=N–C) groups is 1. The summed E-state index contributed by atoms with van der Waals surface area (Å²) in [5.74, 6) is 0.695. The van der Waals surface area contributed by atoms with Gasteiger partial charge in [0.1, 0.15) is 28.6 Å². The Morgan fingerprint density at radius 1 is 1.00 bits per heavy atom. The van der Waals surface area contributed by atoms with Crippen molar-refractivity contribution in [2.24, 2.45) is 4.99 Å². The molecule has 57 heavy (non-hydrogen) atoms. The largest absolute Gasteiger partial charge is 0.379 e. The molecule has 15 heteroatoms. The first-order valence-electron chi connectivity index (χ1n) is 19.2. The van der Waals surface area contributed by atoms with Gasteiger partial charge in [0.05, 0.1) is 37.5 Å². The molecule has 1 unspecified atom stereocenters. The van der Waals surface area contributed by atoms with Crippen LogP contribution in [0.4, 0.5) is 0 Å². The van der Waals surface area contributed by atoms with Crippen molar-refractivity contribution in [2.45, 2.75) is 65.0 Å². The molecule has 3 amide bonds. The number of thiophene rings is 1. The minimum absolute atomic E-state index is 0.107. The molecule has 2 aliphatic rings. The number of nitrogens with zero attached hydrogens (tertiary/aromatic N) is 6. The zero-order chi connectivity index (χ0) is 39.6. The van der Waals surface area contributed by atoms with Crippen molar-refractivity contribution in [1.29, 1.82) is 0 Å². The van der Waals surface area contributed by atoms with E-state index in [1.165, 1.54) is 4.88 Å². The number of rotatable bonds is 14. The Bertz CT molecular complexity index is 2520. The fourth-order valence-electron chi connectivity index (χ4n) is 7.64. The number of piperidine rings is 1. The van der Waals surface area contributed by atoms with Gasteiger partial charge in [-0.1, -0.05) is 41.9 Å². The fourth-order valence-corrected chi connectivity index (χ4v) is 8.98. The maximum absolute atomic E-state index is 13.3. The molecule has 6 aromatic rings. The highest BCUT2D eigenvalue weighted by molar-refractivity contribution is 7.15. The number of aromatic nitrogens is 5. The zero-order valence-electron chi connectivity index (χ0n) is 32.0. The Labute approximate surface area is 338 Å². The quantitative estimate of drug-likeness (QED) is 0.0941. The van der Waals surface area contributed by atoms with Crippen LogP contribution < -0.4 is 10.6 Å². The van der Waals surface area contributed by atoms with Gasteiger partial charge >= 0.3 is 0 Å². The van der Waals surface area contributed by atoms with Crippen LogP contribution in [-0.2, 0) is 30.3 Å². The Morgan fingerprint density at radius 3 is 2.60 bits per heavy atom. The first-order valence-corrected chi connectivity index (χ1v) is 20.4. The highest BCUT2D eigenvalue weighted by Gasteiger charge is 2.33. The molecular formula is C42H43ClN8O5S. The monoisotopic (exact) mass is 806 g/mol. The average Bonchev–Trinajstić information content (AvgIpc) is 3.81. The van der Waals surface area contributed by atoms with Crippen LogP contribution in [0.25, 0.3) is 26.9 Å². The van der Waals surface area contributed by atoms with Gasteiger partial charge in [0.15, 0.2) is 5.82 Å². The van der Waals surface area contributed by atoms with Gasteiger partial charge in [0.25, 0.3) is 0 Å². The second-order valence-corrected chi connectivity index (χ2v) is 16.0. The van der Waals surface area contributed by atoms with Crippen LogP contribution in [0.1, 0.15) is 76.5 Å². The third-order valence-corrected chi connectivity index (χ3v) is 12.0. The number of hydrogen-bond acceptors (Lipinski definition) is 10. The Balaban J connectivity index is 0.802. The SMILES string of the molecule is Cc1sc2c(c1C)C(c1ccc(Cl)cc1)=N[C@@H](CC(=O)NCCOCCOCCCc1cnc3c(c1)c1ccccc1n3C1CCC(=O)NC1=O)c1nnc(C)n1-2. The lowest BCUT2D eigenvalue weighted by atomic mass is 9.99.